The third-order valence-corrected chi connectivity index (χ3v) is 4.56. The maximum absolute atomic E-state index is 13.5. The van der Waals surface area contributed by atoms with Gasteiger partial charge in [-0.1, -0.05) is 27.7 Å². The number of Topliss-reactive ketones (excluding diaryl/α,β-unsaturated/α-hetero) is 1. The summed E-state index contributed by atoms with van der Waals surface area (Å²) in [6, 6.07) is 1.07. The molecule has 1 aliphatic rings. The lowest BCUT2D eigenvalue weighted by atomic mass is 10.0. The maximum Gasteiger partial charge on any atom is 0.170 e. The molecule has 18 heavy (non-hydrogen) atoms. The average molecular weight is 256 g/mol. The summed E-state index contributed by atoms with van der Waals surface area (Å²) in [6.45, 7) is 7.64. The molecule has 0 aromatic heterocycles. The van der Waals surface area contributed by atoms with Gasteiger partial charge in [-0.05, 0) is 16.9 Å². The lowest BCUT2D eigenvalue weighted by Crippen LogP contribution is -2.11. The maximum atomic E-state index is 13.5. The molecule has 1 nitrogen and oxygen atoms in total. The topological polar surface area (TPSA) is 17.1 Å². The summed E-state index contributed by atoms with van der Waals surface area (Å²) in [5.41, 5.74) is -0.888. The van der Waals surface area contributed by atoms with E-state index in [9.17, 15) is 18.0 Å². The van der Waals surface area contributed by atoms with Crippen molar-refractivity contribution >= 4 is 5.78 Å². The lowest BCUT2D eigenvalue weighted by molar-refractivity contribution is 0.0940. The van der Waals surface area contributed by atoms with Gasteiger partial charge in [0.1, 0.15) is 5.82 Å². The van der Waals surface area contributed by atoms with Crippen molar-refractivity contribution in [2.75, 3.05) is 0 Å². The summed E-state index contributed by atoms with van der Waals surface area (Å²) in [5, 5.41) is 0. The van der Waals surface area contributed by atoms with Crippen molar-refractivity contribution in [3.63, 3.8) is 0 Å². The molecule has 0 N–H and O–H groups in total. The largest absolute Gasteiger partial charge is 0.294 e. The Morgan fingerprint density at radius 2 is 1.39 bits per heavy atom. The molecule has 4 heteroatoms. The second kappa shape index (κ2) is 3.59. The van der Waals surface area contributed by atoms with Crippen LogP contribution in [0.1, 0.15) is 38.1 Å². The highest BCUT2D eigenvalue weighted by Crippen LogP contribution is 2.69. The summed E-state index contributed by atoms with van der Waals surface area (Å²) in [5.74, 6) is -4.31. The Balaban J connectivity index is 2.41. The van der Waals surface area contributed by atoms with Crippen LogP contribution in [0.3, 0.4) is 0 Å². The molecule has 2 rings (SSSR count). The summed E-state index contributed by atoms with van der Waals surface area (Å²) in [7, 11) is 0. The van der Waals surface area contributed by atoms with Crippen LogP contribution in [0, 0.1) is 34.2 Å². The monoisotopic (exact) mass is 256 g/mol. The molecule has 0 unspecified atom stereocenters. The van der Waals surface area contributed by atoms with Gasteiger partial charge in [-0.2, -0.15) is 0 Å². The molecule has 1 fully saturated rings. The standard InChI is InChI=1S/C14H15F3O/c1-13(2)12(14(13,3)4)11(18)7-5-9(16)10(17)6-8(7)15/h5-6,12H,1-4H3. The van der Waals surface area contributed by atoms with Crippen LogP contribution in [0.15, 0.2) is 12.1 Å². The smallest absolute Gasteiger partial charge is 0.170 e. The van der Waals surface area contributed by atoms with Crippen LogP contribution in [0.2, 0.25) is 0 Å². The van der Waals surface area contributed by atoms with Gasteiger partial charge in [-0.3, -0.25) is 4.79 Å². The molecule has 1 aromatic carbocycles. The quantitative estimate of drug-likeness (QED) is 0.578. The van der Waals surface area contributed by atoms with E-state index in [-0.39, 0.29) is 22.3 Å². The van der Waals surface area contributed by atoms with Gasteiger partial charge in [-0.15, -0.1) is 0 Å². The van der Waals surface area contributed by atoms with Crippen molar-refractivity contribution in [2.45, 2.75) is 27.7 Å². The molecule has 1 aliphatic carbocycles. The van der Waals surface area contributed by atoms with Crippen LogP contribution in [-0.2, 0) is 0 Å². The van der Waals surface area contributed by atoms with E-state index in [4.69, 9.17) is 0 Å². The van der Waals surface area contributed by atoms with Gasteiger partial charge in [0.25, 0.3) is 0 Å². The number of halogens is 3. The van der Waals surface area contributed by atoms with Gasteiger partial charge < -0.3 is 0 Å². The lowest BCUT2D eigenvalue weighted by Gasteiger charge is -2.05. The summed E-state index contributed by atoms with van der Waals surface area (Å²) in [6.07, 6.45) is 0. The Bertz CT molecular complexity index is 518. The number of ketones is 1. The van der Waals surface area contributed by atoms with E-state index in [1.165, 1.54) is 0 Å². The van der Waals surface area contributed by atoms with Gasteiger partial charge >= 0.3 is 0 Å². The summed E-state index contributed by atoms with van der Waals surface area (Å²) < 4.78 is 39.5. The SMILES string of the molecule is CC1(C)C(C(=O)c2cc(F)c(F)cc2F)C1(C)C. The minimum absolute atomic E-state index is 0.263. The number of hydrogen-bond acceptors (Lipinski definition) is 1. The van der Waals surface area contributed by atoms with Gasteiger partial charge in [0, 0.05) is 12.0 Å². The van der Waals surface area contributed by atoms with Crippen molar-refractivity contribution in [3.8, 4) is 0 Å². The fraction of sp³-hybridized carbons (Fsp3) is 0.500. The van der Waals surface area contributed by atoms with Crippen molar-refractivity contribution in [1.29, 1.82) is 0 Å². The number of carbonyl (C=O) groups is 1. The summed E-state index contributed by atoms with van der Waals surface area (Å²) >= 11 is 0. The van der Waals surface area contributed by atoms with Crippen LogP contribution < -0.4 is 0 Å². The van der Waals surface area contributed by atoms with Crippen molar-refractivity contribution < 1.29 is 18.0 Å². The minimum atomic E-state index is -1.28. The predicted octanol–water partition coefficient (Wildman–Crippen LogP) is 3.97. The zero-order valence-corrected chi connectivity index (χ0v) is 10.8. The van der Waals surface area contributed by atoms with E-state index in [1.807, 2.05) is 27.7 Å². The van der Waals surface area contributed by atoms with Crippen LogP contribution in [0.25, 0.3) is 0 Å². The van der Waals surface area contributed by atoms with Gasteiger partial charge in [-0.25, -0.2) is 13.2 Å². The molecule has 0 saturated heterocycles. The van der Waals surface area contributed by atoms with Crippen molar-refractivity contribution in [1.82, 2.24) is 0 Å². The molecule has 0 atom stereocenters. The Kier molecular flexibility index (Phi) is 2.62. The van der Waals surface area contributed by atoms with Crippen molar-refractivity contribution in [2.24, 2.45) is 16.7 Å². The zero-order valence-electron chi connectivity index (χ0n) is 10.8. The second-order valence-corrected chi connectivity index (χ2v) is 5.99. The molecule has 0 bridgehead atoms. The van der Waals surface area contributed by atoms with Crippen LogP contribution >= 0.6 is 0 Å². The number of rotatable bonds is 2. The normalized spacial score (nSPS) is 20.8. The van der Waals surface area contributed by atoms with Gasteiger partial charge in [0.15, 0.2) is 17.4 Å². The van der Waals surface area contributed by atoms with E-state index in [1.54, 1.807) is 0 Å². The van der Waals surface area contributed by atoms with E-state index in [0.29, 0.717) is 12.1 Å². The first-order valence-electron chi connectivity index (χ1n) is 5.79. The molecule has 0 amide bonds. The summed E-state index contributed by atoms with van der Waals surface area (Å²) in [4.78, 5) is 12.2. The first-order chi connectivity index (χ1) is 8.10. The van der Waals surface area contributed by atoms with E-state index in [2.05, 4.69) is 0 Å². The fourth-order valence-corrected chi connectivity index (χ4v) is 2.72. The molecule has 0 heterocycles. The van der Waals surface area contributed by atoms with E-state index < -0.39 is 23.2 Å². The van der Waals surface area contributed by atoms with E-state index in [0.717, 1.165) is 0 Å². The van der Waals surface area contributed by atoms with Crippen LogP contribution in [0.4, 0.5) is 13.2 Å². The third kappa shape index (κ3) is 1.58. The van der Waals surface area contributed by atoms with Crippen molar-refractivity contribution in [3.05, 3.63) is 35.1 Å². The van der Waals surface area contributed by atoms with Crippen LogP contribution in [-0.4, -0.2) is 5.78 Å². The molecule has 1 saturated carbocycles. The first-order valence-corrected chi connectivity index (χ1v) is 5.79. The third-order valence-electron chi connectivity index (χ3n) is 4.56. The highest BCUT2D eigenvalue weighted by Gasteiger charge is 2.68. The number of carbonyl (C=O) groups excluding carboxylic acids is 1. The Labute approximate surface area is 104 Å². The molecule has 0 radical (unpaired) electrons. The predicted molar refractivity (Wildman–Crippen MR) is 61.7 cm³/mol. The molecule has 0 aliphatic heterocycles. The number of benzene rings is 1. The Hall–Kier alpha value is -1.32. The Morgan fingerprint density at radius 3 is 1.83 bits per heavy atom. The zero-order chi connectivity index (χ0) is 13.9. The molecular formula is C14H15F3O. The second-order valence-electron chi connectivity index (χ2n) is 5.99. The first kappa shape index (κ1) is 13.1. The molecule has 98 valence electrons. The number of hydrogen-bond donors (Lipinski definition) is 0. The highest BCUT2D eigenvalue weighted by atomic mass is 19.2. The highest BCUT2D eigenvalue weighted by molar-refractivity contribution is 6.01. The fourth-order valence-electron chi connectivity index (χ4n) is 2.72. The van der Waals surface area contributed by atoms with Gasteiger partial charge in [0.05, 0.1) is 5.56 Å². The molecule has 1 aromatic rings. The molecular weight excluding hydrogens is 241 g/mol. The van der Waals surface area contributed by atoms with E-state index >= 15 is 0 Å². The van der Waals surface area contributed by atoms with Crippen LogP contribution in [0.5, 0.6) is 0 Å². The molecule has 0 spiro atoms. The average Bonchev–Trinajstić information content (AvgIpc) is 2.62. The Morgan fingerprint density at radius 1 is 0.944 bits per heavy atom. The minimum Gasteiger partial charge on any atom is -0.294 e. The van der Waals surface area contributed by atoms with Gasteiger partial charge in [0.2, 0.25) is 0 Å².